The summed E-state index contributed by atoms with van der Waals surface area (Å²) in [7, 11) is 12.3. The zero-order valence-corrected chi connectivity index (χ0v) is 24.9. The van der Waals surface area contributed by atoms with Crippen LogP contribution in [0.2, 0.25) is 5.02 Å². The number of guanidine groups is 1. The van der Waals surface area contributed by atoms with Gasteiger partial charge in [0.05, 0.1) is 62.3 Å². The number of benzene rings is 1. The maximum Gasteiger partial charge on any atom is 0.276 e. The van der Waals surface area contributed by atoms with Crippen molar-refractivity contribution in [1.82, 2.24) is 24.6 Å². The van der Waals surface area contributed by atoms with Crippen molar-refractivity contribution in [1.29, 1.82) is 0 Å². The number of aryl methyl sites for hydroxylation is 1. The van der Waals surface area contributed by atoms with Crippen molar-refractivity contribution in [2.24, 2.45) is 21.8 Å². The molecule has 1 N–H and O–H groups in total. The van der Waals surface area contributed by atoms with Crippen molar-refractivity contribution in [3.05, 3.63) is 58.5 Å². The molecule has 2 aromatic heterocycles. The lowest BCUT2D eigenvalue weighted by molar-refractivity contribution is -0.127. The molecule has 0 spiro atoms. The molecule has 44 heavy (non-hydrogen) atoms. The van der Waals surface area contributed by atoms with Crippen LogP contribution in [0, 0.1) is 24.6 Å². The SMILES string of the molecule is [B]C1([B])CC(C)C(=O)N1C1=NC(C)C([C@H](C)n2cc(NC(=O)c3nc(-c4c(C(F)F)ccc(Cl)c4F)cnc3C)cn2)C=N1. The number of aromatic nitrogens is 4. The number of anilines is 1. The summed E-state index contributed by atoms with van der Waals surface area (Å²) in [6.07, 6.45) is 3.07. The van der Waals surface area contributed by atoms with E-state index >= 15 is 0 Å². The Kier molecular flexibility index (Phi) is 8.45. The Morgan fingerprint density at radius 1 is 1.23 bits per heavy atom. The molecule has 1 saturated heterocycles. The first-order chi connectivity index (χ1) is 20.7. The molecule has 2 aliphatic heterocycles. The first-order valence-corrected chi connectivity index (χ1v) is 14.1. The first-order valence-electron chi connectivity index (χ1n) is 13.7. The van der Waals surface area contributed by atoms with Crippen molar-refractivity contribution in [3.8, 4) is 11.3 Å². The Hall–Kier alpha value is -4.00. The highest BCUT2D eigenvalue weighted by molar-refractivity contribution is 6.43. The highest BCUT2D eigenvalue weighted by Gasteiger charge is 2.45. The fourth-order valence-electron chi connectivity index (χ4n) is 5.39. The summed E-state index contributed by atoms with van der Waals surface area (Å²) in [4.78, 5) is 44.3. The number of alkyl halides is 2. The van der Waals surface area contributed by atoms with E-state index in [-0.39, 0.29) is 64.3 Å². The first kappa shape index (κ1) is 31.4. The number of rotatable bonds is 6. The van der Waals surface area contributed by atoms with Gasteiger partial charge in [-0.3, -0.25) is 24.2 Å². The quantitative estimate of drug-likeness (QED) is 0.408. The van der Waals surface area contributed by atoms with Gasteiger partial charge in [0.2, 0.25) is 11.9 Å². The van der Waals surface area contributed by atoms with Crippen LogP contribution >= 0.6 is 11.6 Å². The van der Waals surface area contributed by atoms with Gasteiger partial charge in [-0.25, -0.2) is 28.1 Å². The molecule has 0 bridgehead atoms. The second kappa shape index (κ2) is 11.8. The van der Waals surface area contributed by atoms with Gasteiger partial charge in [0.25, 0.3) is 12.3 Å². The monoisotopic (exact) mass is 620 g/mol. The van der Waals surface area contributed by atoms with Gasteiger partial charge in [-0.05, 0) is 38.6 Å². The van der Waals surface area contributed by atoms with Crippen LogP contribution in [-0.2, 0) is 4.79 Å². The summed E-state index contributed by atoms with van der Waals surface area (Å²) in [5.74, 6) is -2.46. The predicted molar refractivity (Wildman–Crippen MR) is 161 cm³/mol. The standard InChI is InChI=1S/C28H26B2ClF3N8O2/c1-12-7-28(29,30)42(26(12)44)27-36-9-18(13(2)38-27)15(4)41-11-16(8-37-41)39-25(43)23-14(3)35-10-20(40-23)21-17(24(33)34)5-6-19(31)22(21)32/h5-6,8-13,15,18,24H,7H2,1-4H3,(H,39,43)/t12?,13?,15-,18?/m0/s1. The van der Waals surface area contributed by atoms with Gasteiger partial charge < -0.3 is 5.32 Å². The van der Waals surface area contributed by atoms with E-state index in [1.165, 1.54) is 18.0 Å². The van der Waals surface area contributed by atoms with Crippen molar-refractivity contribution in [3.63, 3.8) is 0 Å². The Morgan fingerprint density at radius 3 is 2.59 bits per heavy atom. The van der Waals surface area contributed by atoms with Crippen molar-refractivity contribution in [2.45, 2.75) is 58.0 Å². The number of hydrogen-bond acceptors (Lipinski definition) is 7. The summed E-state index contributed by atoms with van der Waals surface area (Å²) in [5, 5.41) is 5.27. The van der Waals surface area contributed by atoms with E-state index in [2.05, 4.69) is 30.4 Å². The van der Waals surface area contributed by atoms with E-state index in [0.717, 1.165) is 18.3 Å². The molecule has 4 atom stereocenters. The number of nitrogens with zero attached hydrogens (tertiary/aromatic N) is 7. The van der Waals surface area contributed by atoms with Gasteiger partial charge in [0.15, 0.2) is 5.82 Å². The van der Waals surface area contributed by atoms with Gasteiger partial charge in [-0.1, -0.05) is 24.6 Å². The van der Waals surface area contributed by atoms with E-state index in [9.17, 15) is 22.8 Å². The number of nitrogens with one attached hydrogen (secondary N) is 1. The van der Waals surface area contributed by atoms with Gasteiger partial charge in [-0.15, -0.1) is 0 Å². The molecule has 0 aliphatic carbocycles. The zero-order valence-electron chi connectivity index (χ0n) is 24.2. The molecule has 4 heterocycles. The third-order valence-electron chi connectivity index (χ3n) is 7.75. The predicted octanol–water partition coefficient (Wildman–Crippen LogP) is 4.50. The Balaban J connectivity index is 1.32. The lowest BCUT2D eigenvalue weighted by Gasteiger charge is -2.35. The largest absolute Gasteiger partial charge is 0.318 e. The average molecular weight is 621 g/mol. The fourth-order valence-corrected chi connectivity index (χ4v) is 5.54. The molecule has 0 saturated carbocycles. The molecular weight excluding hydrogens is 594 g/mol. The fraction of sp³-hybridized carbons (Fsp3) is 0.393. The van der Waals surface area contributed by atoms with Gasteiger partial charge in [0.1, 0.15) is 5.69 Å². The van der Waals surface area contributed by atoms with Crippen LogP contribution in [0.1, 0.15) is 61.4 Å². The topological polar surface area (TPSA) is 118 Å². The second-order valence-corrected chi connectivity index (χ2v) is 11.4. The molecule has 3 aromatic rings. The summed E-state index contributed by atoms with van der Waals surface area (Å²) >= 11 is 5.84. The van der Waals surface area contributed by atoms with E-state index in [4.69, 9.17) is 27.3 Å². The summed E-state index contributed by atoms with van der Waals surface area (Å²) in [6, 6.07) is 1.44. The summed E-state index contributed by atoms with van der Waals surface area (Å²) in [5.41, 5.74) is -1.11. The van der Waals surface area contributed by atoms with Crippen molar-refractivity contribution >= 4 is 57.0 Å². The number of halogens is 4. The lowest BCUT2D eigenvalue weighted by atomic mass is 9.59. The maximum absolute atomic E-state index is 14.8. The minimum atomic E-state index is -3.01. The number of amides is 2. The van der Waals surface area contributed by atoms with Crippen molar-refractivity contribution in [2.75, 3.05) is 5.32 Å². The molecule has 3 unspecified atom stereocenters. The Morgan fingerprint density at radius 2 is 1.95 bits per heavy atom. The second-order valence-electron chi connectivity index (χ2n) is 11.0. The Labute approximate surface area is 259 Å². The highest BCUT2D eigenvalue weighted by atomic mass is 35.5. The molecule has 4 radical (unpaired) electrons. The molecule has 2 amide bonds. The van der Waals surface area contributed by atoms with E-state index < -0.39 is 34.6 Å². The Bertz CT molecular complexity index is 1700. The van der Waals surface area contributed by atoms with Crippen LogP contribution in [-0.4, -0.2) is 75.7 Å². The number of carbonyl (C=O) groups excluding carboxylic acids is 2. The number of hydrogen-bond donors (Lipinski definition) is 1. The van der Waals surface area contributed by atoms with Crippen LogP contribution in [0.5, 0.6) is 0 Å². The molecule has 10 nitrogen and oxygen atoms in total. The number of carbonyl (C=O) groups is 2. The molecule has 5 rings (SSSR count). The van der Waals surface area contributed by atoms with Gasteiger partial charge >= 0.3 is 0 Å². The van der Waals surface area contributed by atoms with Crippen LogP contribution in [0.25, 0.3) is 11.3 Å². The smallest absolute Gasteiger partial charge is 0.276 e. The lowest BCUT2D eigenvalue weighted by Crippen LogP contribution is -2.51. The third kappa shape index (κ3) is 5.76. The van der Waals surface area contributed by atoms with Crippen molar-refractivity contribution < 1.29 is 22.8 Å². The molecule has 16 heteroatoms. The van der Waals surface area contributed by atoms with Crippen LogP contribution in [0.15, 0.2) is 40.7 Å². The van der Waals surface area contributed by atoms with Gasteiger partial charge in [0, 0.05) is 35.4 Å². The number of likely N-dealkylation sites (tertiary alicyclic amines) is 1. The maximum atomic E-state index is 14.8. The third-order valence-corrected chi connectivity index (χ3v) is 8.04. The summed E-state index contributed by atoms with van der Waals surface area (Å²) in [6.45, 7) is 7.02. The van der Waals surface area contributed by atoms with Crippen LogP contribution < -0.4 is 5.32 Å². The average Bonchev–Trinajstić information content (AvgIpc) is 3.50. The molecule has 224 valence electrons. The normalized spacial score (nSPS) is 21.9. The minimum Gasteiger partial charge on any atom is -0.318 e. The molecule has 1 fully saturated rings. The van der Waals surface area contributed by atoms with Crippen LogP contribution in [0.3, 0.4) is 0 Å². The zero-order chi connectivity index (χ0) is 32.1. The number of aliphatic imine (C=N–C) groups is 2. The summed E-state index contributed by atoms with van der Waals surface area (Å²) < 4.78 is 43.7. The van der Waals surface area contributed by atoms with E-state index in [0.29, 0.717) is 5.69 Å². The molecule has 1 aromatic carbocycles. The van der Waals surface area contributed by atoms with E-state index in [1.54, 1.807) is 24.0 Å². The van der Waals surface area contributed by atoms with Gasteiger partial charge in [-0.2, -0.15) is 5.10 Å². The van der Waals surface area contributed by atoms with Crippen LogP contribution in [0.4, 0.5) is 18.9 Å². The van der Waals surface area contributed by atoms with E-state index in [1.807, 2.05) is 13.8 Å². The molecule has 2 aliphatic rings. The molecular formula is C28H26B2ClF3N8O2. The highest BCUT2D eigenvalue weighted by Crippen LogP contribution is 2.36. The minimum absolute atomic E-state index is 0.158.